The van der Waals surface area contributed by atoms with Crippen molar-refractivity contribution in [3.63, 3.8) is 0 Å². The first-order valence-corrected chi connectivity index (χ1v) is 5.65. The van der Waals surface area contributed by atoms with Crippen molar-refractivity contribution in [3.05, 3.63) is 29.8 Å². The zero-order valence-electron chi connectivity index (χ0n) is 7.53. The van der Waals surface area contributed by atoms with Crippen LogP contribution in [0.25, 0.3) is 0 Å². The van der Waals surface area contributed by atoms with E-state index in [1.165, 1.54) is 0 Å². The van der Waals surface area contributed by atoms with Crippen LogP contribution in [0.3, 0.4) is 0 Å². The van der Waals surface area contributed by atoms with Crippen molar-refractivity contribution in [2.45, 2.75) is 6.54 Å². The van der Waals surface area contributed by atoms with E-state index in [2.05, 4.69) is 38.7 Å². The average molecular weight is 292 g/mol. The summed E-state index contributed by atoms with van der Waals surface area (Å²) in [6.07, 6.45) is 0. The molecule has 0 aromatic heterocycles. The minimum absolute atomic E-state index is 0.271. The number of phenolic OH excluding ortho intramolecular Hbond substituents is 1. The molecule has 13 heavy (non-hydrogen) atoms. The van der Waals surface area contributed by atoms with Crippen molar-refractivity contribution < 1.29 is 23.3 Å². The van der Waals surface area contributed by atoms with Crippen LogP contribution in [-0.4, -0.2) is 24.1 Å². The van der Waals surface area contributed by atoms with Gasteiger partial charge in [-0.05, 0) is 14.1 Å². The number of aromatic hydroxyl groups is 1. The molecular weight excluding hydrogens is 280 g/mol. The molecule has 0 aliphatic heterocycles. The van der Waals surface area contributed by atoms with E-state index in [4.69, 9.17) is 5.11 Å². The molecule has 0 unspecified atom stereocenters. The summed E-state index contributed by atoms with van der Waals surface area (Å²) in [7, 11) is 8.49. The predicted octanol–water partition coefficient (Wildman–Crippen LogP) is 1.94. The molecule has 0 saturated carbocycles. The number of benzene rings is 1. The zero-order chi connectivity index (χ0) is 10.3. The van der Waals surface area contributed by atoms with Crippen LogP contribution in [-0.2, 0) is 24.7 Å². The van der Waals surface area contributed by atoms with Gasteiger partial charge in [0, 0.05) is 12.3 Å². The first-order valence-electron chi connectivity index (χ1n) is 3.65. The monoisotopic (exact) mass is 291 g/mol. The van der Waals surface area contributed by atoms with Crippen LogP contribution in [0.2, 0.25) is 0 Å². The Bertz CT molecular complexity index is 226. The second kappa shape index (κ2) is 7.35. The van der Waals surface area contributed by atoms with E-state index in [0.717, 1.165) is 12.1 Å². The van der Waals surface area contributed by atoms with Gasteiger partial charge in [0.1, 0.15) is 0 Å². The fourth-order valence-electron chi connectivity index (χ4n) is 0.888. The van der Waals surface area contributed by atoms with Gasteiger partial charge in [0.2, 0.25) is 0 Å². The number of phenols is 1. The van der Waals surface area contributed by atoms with Gasteiger partial charge in [-0.1, -0.05) is 0 Å². The number of nitrogens with zero attached hydrogens (tertiary/aromatic N) is 1. The number of halogens is 1. The number of rotatable bonds is 2. The van der Waals surface area contributed by atoms with Crippen molar-refractivity contribution in [1.82, 2.24) is 4.90 Å². The van der Waals surface area contributed by atoms with E-state index >= 15 is 0 Å². The van der Waals surface area contributed by atoms with E-state index < -0.39 is 0 Å². The molecule has 0 aliphatic rings. The summed E-state index contributed by atoms with van der Waals surface area (Å²) in [5, 5.41) is 8.95. The summed E-state index contributed by atoms with van der Waals surface area (Å²) < 4.78 is 0. The Labute approximate surface area is 93.9 Å². The van der Waals surface area contributed by atoms with Gasteiger partial charge in [0.15, 0.2) is 0 Å². The molecule has 4 heteroatoms. The second-order valence-electron chi connectivity index (χ2n) is 2.81. The SMILES string of the molecule is CN(C)Cc1[c-]cc(O)cc1.[Cl][Pd+]. The molecule has 2 nitrogen and oxygen atoms in total. The van der Waals surface area contributed by atoms with Crippen LogP contribution in [0.4, 0.5) is 0 Å². The second-order valence-corrected chi connectivity index (χ2v) is 2.81. The summed E-state index contributed by atoms with van der Waals surface area (Å²) in [4.78, 5) is 2.06. The van der Waals surface area contributed by atoms with E-state index in [9.17, 15) is 0 Å². The van der Waals surface area contributed by atoms with Crippen LogP contribution in [0, 0.1) is 6.07 Å². The molecule has 0 amide bonds. The standard InChI is InChI=1S/C9H12NO.ClH.Pd/c1-10(2)7-8-3-5-9(11)6-4-8;;/h3,5-6,11H,7H2,1-2H3;1H;/q-1;;+2/p-1. The van der Waals surface area contributed by atoms with E-state index in [-0.39, 0.29) is 5.75 Å². The topological polar surface area (TPSA) is 23.5 Å². The molecule has 0 bridgehead atoms. The maximum atomic E-state index is 8.95. The number of hydrogen-bond acceptors (Lipinski definition) is 2. The molecule has 1 N–H and O–H groups in total. The van der Waals surface area contributed by atoms with Gasteiger partial charge in [-0.2, -0.15) is 12.1 Å². The van der Waals surface area contributed by atoms with Gasteiger partial charge in [0.05, 0.1) is 0 Å². The Morgan fingerprint density at radius 2 is 2.08 bits per heavy atom. The molecule has 0 aliphatic carbocycles. The van der Waals surface area contributed by atoms with Crippen molar-refractivity contribution in [1.29, 1.82) is 0 Å². The number of hydrogen-bond donors (Lipinski definition) is 1. The molecular formula is C9H12ClNOPd. The predicted molar refractivity (Wildman–Crippen MR) is 50.2 cm³/mol. The van der Waals surface area contributed by atoms with Crippen molar-refractivity contribution in [3.8, 4) is 5.75 Å². The van der Waals surface area contributed by atoms with Crippen LogP contribution in [0.1, 0.15) is 5.56 Å². The van der Waals surface area contributed by atoms with Crippen LogP contribution < -0.4 is 0 Å². The van der Waals surface area contributed by atoms with E-state index in [1.807, 2.05) is 20.2 Å². The van der Waals surface area contributed by atoms with Crippen LogP contribution in [0.15, 0.2) is 18.2 Å². The maximum absolute atomic E-state index is 8.95. The van der Waals surface area contributed by atoms with Crippen molar-refractivity contribution >= 4 is 9.53 Å². The molecule has 0 fully saturated rings. The van der Waals surface area contributed by atoms with Crippen LogP contribution in [0.5, 0.6) is 5.75 Å². The Morgan fingerprint density at radius 3 is 2.46 bits per heavy atom. The third-order valence-corrected chi connectivity index (χ3v) is 1.35. The molecule has 1 rings (SSSR count). The third-order valence-electron chi connectivity index (χ3n) is 1.35. The first-order chi connectivity index (χ1) is 6.18. The molecule has 0 spiro atoms. The fourth-order valence-corrected chi connectivity index (χ4v) is 0.888. The third kappa shape index (κ3) is 6.06. The Balaban J connectivity index is 0.000000671. The van der Waals surface area contributed by atoms with Gasteiger partial charge in [-0.3, -0.25) is 0 Å². The summed E-state index contributed by atoms with van der Waals surface area (Å²) in [5.74, 6) is 0.271. The zero-order valence-corrected chi connectivity index (χ0v) is 9.84. The summed E-state index contributed by atoms with van der Waals surface area (Å²) in [5.41, 5.74) is 1.09. The Morgan fingerprint density at radius 1 is 1.46 bits per heavy atom. The fraction of sp³-hybridized carbons (Fsp3) is 0.333. The van der Waals surface area contributed by atoms with Crippen molar-refractivity contribution in [2.75, 3.05) is 14.1 Å². The minimum atomic E-state index is 0.271. The van der Waals surface area contributed by atoms with Gasteiger partial charge < -0.3 is 10.0 Å². The Kier molecular flexibility index (Phi) is 7.31. The average Bonchev–Trinajstić information content (AvgIpc) is 2.12. The van der Waals surface area contributed by atoms with Gasteiger partial charge in [-0.15, -0.1) is 17.7 Å². The Hall–Kier alpha value is -0.0677. The first kappa shape index (κ1) is 12.9. The van der Waals surface area contributed by atoms with E-state index in [1.54, 1.807) is 12.1 Å². The summed E-state index contributed by atoms with van der Waals surface area (Å²) in [6.45, 7) is 0.861. The molecule has 1 aromatic carbocycles. The molecule has 76 valence electrons. The molecule has 1 aromatic rings. The summed E-state index contributed by atoms with van der Waals surface area (Å²) >= 11 is 2.22. The molecule has 0 radical (unpaired) electrons. The molecule has 0 saturated heterocycles. The normalized spacial score (nSPS) is 9.38. The van der Waals surface area contributed by atoms with Crippen LogP contribution >= 0.6 is 9.53 Å². The van der Waals surface area contributed by atoms with Crippen molar-refractivity contribution in [2.24, 2.45) is 0 Å². The van der Waals surface area contributed by atoms with Gasteiger partial charge in [-0.25, -0.2) is 0 Å². The van der Waals surface area contributed by atoms with Gasteiger partial charge >= 0.3 is 27.7 Å². The molecule has 0 heterocycles. The van der Waals surface area contributed by atoms with E-state index in [0.29, 0.717) is 0 Å². The summed E-state index contributed by atoms with van der Waals surface area (Å²) in [6, 6.07) is 8.10. The quantitative estimate of drug-likeness (QED) is 0.665. The van der Waals surface area contributed by atoms with Gasteiger partial charge in [0.25, 0.3) is 0 Å². The molecule has 0 atom stereocenters.